The minimum atomic E-state index is -4.88. The van der Waals surface area contributed by atoms with Gasteiger partial charge in [0.25, 0.3) is 11.8 Å². The number of hydrogen-bond acceptors (Lipinski definition) is 7. The zero-order valence-corrected chi connectivity index (χ0v) is 25.0. The van der Waals surface area contributed by atoms with Crippen molar-refractivity contribution < 1.29 is 37.1 Å². The molecule has 0 bridgehead atoms. The lowest BCUT2D eigenvalue weighted by molar-refractivity contribution is -0.208. The van der Waals surface area contributed by atoms with Crippen molar-refractivity contribution >= 4 is 23.5 Å². The van der Waals surface area contributed by atoms with Gasteiger partial charge in [-0.2, -0.15) is 13.2 Å². The van der Waals surface area contributed by atoms with E-state index in [2.05, 4.69) is 9.97 Å². The van der Waals surface area contributed by atoms with Crippen LogP contribution < -0.4 is 9.64 Å². The largest absolute Gasteiger partial charge is 0.476 e. The molecule has 2 aliphatic heterocycles. The first kappa shape index (κ1) is 31.3. The first-order valence-electron chi connectivity index (χ1n) is 13.9. The van der Waals surface area contributed by atoms with Gasteiger partial charge in [0, 0.05) is 24.8 Å². The Labute approximate surface area is 243 Å². The second kappa shape index (κ2) is 11.2. The maximum absolute atomic E-state index is 14.5. The maximum Gasteiger partial charge on any atom is 0.417 e. The van der Waals surface area contributed by atoms with Crippen LogP contribution in [0.15, 0.2) is 24.7 Å². The second-order valence-electron chi connectivity index (χ2n) is 12.6. The van der Waals surface area contributed by atoms with Crippen LogP contribution in [-0.4, -0.2) is 68.5 Å². The molecule has 1 aromatic heterocycles. The Kier molecular flexibility index (Phi) is 8.38. The standard InChI is InChI=1S/C29H38F3N5O5/c1-17(2)37(19-9-8-10-35(15-19)42-26(40)27(3,4)5)24(38)20-11-22-23(12-21(20)29(30,31)32)41-28(6,7)25(39)36(22)14-18-13-33-16-34-18/h11-13,16-17,19H,8-10,14-15H2,1-7H3,(H,33,34)/t19-/m1/s1. The summed E-state index contributed by atoms with van der Waals surface area (Å²) < 4.78 is 49.2. The van der Waals surface area contributed by atoms with Crippen LogP contribution in [0.4, 0.5) is 18.9 Å². The smallest absolute Gasteiger partial charge is 0.417 e. The summed E-state index contributed by atoms with van der Waals surface area (Å²) in [6.07, 6.45) is -0.855. The average Bonchev–Trinajstić information content (AvgIpc) is 3.38. The van der Waals surface area contributed by atoms with Gasteiger partial charge in [0.15, 0.2) is 5.60 Å². The molecule has 0 radical (unpaired) electrons. The Balaban J connectivity index is 1.75. The summed E-state index contributed by atoms with van der Waals surface area (Å²) in [6, 6.07) is 0.900. The number of imidazole rings is 1. The molecule has 0 aliphatic carbocycles. The number of hydrogen-bond donors (Lipinski definition) is 1. The van der Waals surface area contributed by atoms with E-state index in [9.17, 15) is 27.6 Å². The monoisotopic (exact) mass is 593 g/mol. The molecule has 1 fully saturated rings. The van der Waals surface area contributed by atoms with Crippen LogP contribution in [0.2, 0.25) is 0 Å². The third-order valence-electron chi connectivity index (χ3n) is 7.30. The quantitative estimate of drug-likeness (QED) is 0.505. The Morgan fingerprint density at radius 1 is 1.24 bits per heavy atom. The lowest BCUT2D eigenvalue weighted by Gasteiger charge is -2.42. The minimum Gasteiger partial charge on any atom is -0.476 e. The number of anilines is 1. The number of rotatable bonds is 6. The summed E-state index contributed by atoms with van der Waals surface area (Å²) in [6.45, 7) is 12.2. The molecule has 42 heavy (non-hydrogen) atoms. The first-order valence-corrected chi connectivity index (χ1v) is 13.9. The summed E-state index contributed by atoms with van der Waals surface area (Å²) in [4.78, 5) is 55.1. The lowest BCUT2D eigenvalue weighted by atomic mass is 9.96. The molecule has 4 rings (SSSR count). The van der Waals surface area contributed by atoms with Gasteiger partial charge in [-0.05, 0) is 73.4 Å². The molecule has 2 aliphatic rings. The molecule has 230 valence electrons. The molecule has 1 atom stereocenters. The van der Waals surface area contributed by atoms with Gasteiger partial charge in [-0.25, -0.2) is 9.78 Å². The third-order valence-corrected chi connectivity index (χ3v) is 7.30. The average molecular weight is 594 g/mol. The first-order chi connectivity index (χ1) is 19.4. The SMILES string of the molecule is CC(C)N(C(=O)c1cc2c(cc1C(F)(F)F)OC(C)(C)C(=O)N2Cc1cnc[nH]1)[C@@H]1CCCN(OC(=O)C(C)(C)C)C1. The number of alkyl halides is 3. The molecule has 3 heterocycles. The molecular weight excluding hydrogens is 555 g/mol. The van der Waals surface area contributed by atoms with Gasteiger partial charge in [0.05, 0.1) is 47.3 Å². The van der Waals surface area contributed by atoms with E-state index in [4.69, 9.17) is 9.57 Å². The molecule has 13 heteroatoms. The van der Waals surface area contributed by atoms with E-state index in [1.807, 2.05) is 0 Å². The molecule has 2 amide bonds. The van der Waals surface area contributed by atoms with Gasteiger partial charge >= 0.3 is 12.1 Å². The number of amides is 2. The van der Waals surface area contributed by atoms with Crippen molar-refractivity contribution in [3.63, 3.8) is 0 Å². The number of carbonyl (C=O) groups is 3. The van der Waals surface area contributed by atoms with Gasteiger partial charge in [-0.3, -0.25) is 14.5 Å². The van der Waals surface area contributed by atoms with Crippen molar-refractivity contribution in [2.45, 2.75) is 91.7 Å². The van der Waals surface area contributed by atoms with E-state index >= 15 is 0 Å². The highest BCUT2D eigenvalue weighted by molar-refractivity contribution is 6.05. The number of H-pyrrole nitrogens is 1. The number of fused-ring (bicyclic) bond motifs is 1. The van der Waals surface area contributed by atoms with Crippen molar-refractivity contribution in [3.05, 3.63) is 41.5 Å². The Morgan fingerprint density at radius 2 is 1.93 bits per heavy atom. The number of nitrogens with one attached hydrogen (secondary N) is 1. The van der Waals surface area contributed by atoms with Gasteiger partial charge in [0.1, 0.15) is 5.75 Å². The molecule has 1 saturated heterocycles. The van der Waals surface area contributed by atoms with E-state index in [1.54, 1.807) is 34.6 Å². The Hall–Kier alpha value is -3.61. The molecular formula is C29H38F3N5O5. The predicted molar refractivity (Wildman–Crippen MR) is 147 cm³/mol. The summed E-state index contributed by atoms with van der Waals surface area (Å²) in [5, 5.41) is 1.47. The van der Waals surface area contributed by atoms with E-state index in [0.717, 1.165) is 12.1 Å². The fraction of sp³-hybridized carbons (Fsp3) is 0.586. The minimum absolute atomic E-state index is 0.0117. The van der Waals surface area contributed by atoms with Crippen molar-refractivity contribution in [2.24, 2.45) is 5.41 Å². The van der Waals surface area contributed by atoms with Crippen LogP contribution in [0.1, 0.15) is 82.9 Å². The zero-order valence-electron chi connectivity index (χ0n) is 25.0. The van der Waals surface area contributed by atoms with Gasteiger partial charge in [0.2, 0.25) is 0 Å². The van der Waals surface area contributed by atoms with E-state index in [1.165, 1.54) is 41.2 Å². The summed E-state index contributed by atoms with van der Waals surface area (Å²) >= 11 is 0. The fourth-order valence-electron chi connectivity index (χ4n) is 5.17. The maximum atomic E-state index is 14.5. The number of halogens is 3. The highest BCUT2D eigenvalue weighted by atomic mass is 19.4. The number of carbonyl (C=O) groups excluding carboxylic acids is 3. The van der Waals surface area contributed by atoms with Crippen LogP contribution >= 0.6 is 0 Å². The topological polar surface area (TPSA) is 108 Å². The fourth-order valence-corrected chi connectivity index (χ4v) is 5.17. The van der Waals surface area contributed by atoms with Gasteiger partial charge < -0.3 is 19.5 Å². The lowest BCUT2D eigenvalue weighted by Crippen LogP contribution is -2.54. The number of aromatic nitrogens is 2. The summed E-state index contributed by atoms with van der Waals surface area (Å²) in [7, 11) is 0. The summed E-state index contributed by atoms with van der Waals surface area (Å²) in [5.41, 5.74) is -3.34. The third kappa shape index (κ3) is 6.40. The zero-order chi connectivity index (χ0) is 31.2. The molecule has 2 aromatic rings. The number of hydroxylamine groups is 2. The Bertz CT molecular complexity index is 1330. The van der Waals surface area contributed by atoms with Crippen LogP contribution in [0.5, 0.6) is 5.75 Å². The van der Waals surface area contributed by atoms with Crippen LogP contribution in [-0.2, 0) is 27.1 Å². The van der Waals surface area contributed by atoms with Crippen LogP contribution in [0.25, 0.3) is 0 Å². The van der Waals surface area contributed by atoms with E-state index in [0.29, 0.717) is 25.1 Å². The Morgan fingerprint density at radius 3 is 2.50 bits per heavy atom. The molecule has 0 spiro atoms. The highest BCUT2D eigenvalue weighted by Gasteiger charge is 2.46. The summed E-state index contributed by atoms with van der Waals surface area (Å²) in [5.74, 6) is -1.92. The van der Waals surface area contributed by atoms with Crippen molar-refractivity contribution in [1.29, 1.82) is 0 Å². The highest BCUT2D eigenvalue weighted by Crippen LogP contribution is 2.45. The number of nitrogens with zero attached hydrogens (tertiary/aromatic N) is 4. The van der Waals surface area contributed by atoms with Crippen molar-refractivity contribution in [1.82, 2.24) is 19.9 Å². The molecule has 0 saturated carbocycles. The predicted octanol–water partition coefficient (Wildman–Crippen LogP) is 4.95. The number of benzene rings is 1. The van der Waals surface area contributed by atoms with Crippen LogP contribution in [0, 0.1) is 5.41 Å². The van der Waals surface area contributed by atoms with E-state index < -0.39 is 58.2 Å². The molecule has 1 N–H and O–H groups in total. The van der Waals surface area contributed by atoms with Crippen LogP contribution in [0.3, 0.4) is 0 Å². The van der Waals surface area contributed by atoms with Crippen molar-refractivity contribution in [2.75, 3.05) is 18.0 Å². The van der Waals surface area contributed by atoms with Gasteiger partial charge in [-0.15, -0.1) is 5.06 Å². The van der Waals surface area contributed by atoms with Gasteiger partial charge in [-0.1, -0.05) is 0 Å². The molecule has 0 unspecified atom stereocenters. The van der Waals surface area contributed by atoms with E-state index in [-0.39, 0.29) is 24.5 Å². The molecule has 10 nitrogen and oxygen atoms in total. The number of aromatic amines is 1. The second-order valence-corrected chi connectivity index (χ2v) is 12.6. The normalized spacial score (nSPS) is 19.4. The number of ether oxygens (including phenoxy) is 1. The number of piperidine rings is 1. The molecule has 1 aromatic carbocycles. The van der Waals surface area contributed by atoms with Crippen molar-refractivity contribution in [3.8, 4) is 5.75 Å².